The number of aromatic nitrogens is 1. The number of hydrogen-bond donors (Lipinski definition) is 1. The summed E-state index contributed by atoms with van der Waals surface area (Å²) in [5, 5.41) is 0.322. The molecule has 3 rings (SSSR count). The van der Waals surface area contributed by atoms with Crippen LogP contribution in [0.3, 0.4) is 0 Å². The molecular formula is C18H15ClFNO2S. The average Bonchev–Trinajstić information content (AvgIpc) is 2.88. The van der Waals surface area contributed by atoms with E-state index < -0.39 is 15.7 Å². The van der Waals surface area contributed by atoms with Crippen LogP contribution in [0.4, 0.5) is 4.39 Å². The molecule has 0 amide bonds. The maximum absolute atomic E-state index is 13.3. The van der Waals surface area contributed by atoms with Gasteiger partial charge in [-0.3, -0.25) is 0 Å². The van der Waals surface area contributed by atoms with Crippen molar-refractivity contribution in [1.82, 2.24) is 4.98 Å². The van der Waals surface area contributed by atoms with Crippen LogP contribution in [0.25, 0.3) is 22.4 Å². The Labute approximate surface area is 145 Å². The third-order valence-corrected chi connectivity index (χ3v) is 5.19. The van der Waals surface area contributed by atoms with Crippen LogP contribution in [0, 0.1) is 12.7 Å². The van der Waals surface area contributed by atoms with Crippen LogP contribution in [0.2, 0.25) is 5.02 Å². The fourth-order valence-electron chi connectivity index (χ4n) is 2.61. The first-order valence-corrected chi connectivity index (χ1v) is 9.48. The summed E-state index contributed by atoms with van der Waals surface area (Å²) >= 11 is 6.18. The Hall–Kier alpha value is -2.11. The first-order chi connectivity index (χ1) is 11.3. The third kappa shape index (κ3) is 3.23. The monoisotopic (exact) mass is 363 g/mol. The Bertz CT molecular complexity index is 1010. The van der Waals surface area contributed by atoms with Crippen LogP contribution in [0.15, 0.2) is 53.4 Å². The van der Waals surface area contributed by atoms with E-state index in [9.17, 15) is 12.8 Å². The van der Waals surface area contributed by atoms with Gasteiger partial charge in [0.2, 0.25) is 0 Å². The lowest BCUT2D eigenvalue weighted by Crippen LogP contribution is -1.96. The van der Waals surface area contributed by atoms with E-state index >= 15 is 0 Å². The van der Waals surface area contributed by atoms with Crippen molar-refractivity contribution in [2.45, 2.75) is 11.8 Å². The maximum atomic E-state index is 13.3. The summed E-state index contributed by atoms with van der Waals surface area (Å²) in [5.41, 5.74) is 4.11. The van der Waals surface area contributed by atoms with Gasteiger partial charge in [0.15, 0.2) is 9.84 Å². The molecule has 3 nitrogen and oxygen atoms in total. The number of sulfone groups is 1. The predicted octanol–water partition coefficient (Wildman–Crippen LogP) is 4.85. The smallest absolute Gasteiger partial charge is 0.175 e. The van der Waals surface area contributed by atoms with E-state index in [0.717, 1.165) is 22.5 Å². The van der Waals surface area contributed by atoms with Crippen LogP contribution in [0.1, 0.15) is 5.69 Å². The van der Waals surface area contributed by atoms with Gasteiger partial charge in [-0.15, -0.1) is 0 Å². The molecule has 124 valence electrons. The van der Waals surface area contributed by atoms with E-state index in [1.165, 1.54) is 18.4 Å². The summed E-state index contributed by atoms with van der Waals surface area (Å²) < 4.78 is 36.5. The number of halogens is 2. The number of H-pyrrole nitrogens is 1. The summed E-state index contributed by atoms with van der Waals surface area (Å²) in [6.45, 7) is 1.91. The second-order valence-corrected chi connectivity index (χ2v) is 8.08. The normalized spacial score (nSPS) is 11.7. The zero-order valence-electron chi connectivity index (χ0n) is 13.1. The Balaban J connectivity index is 2.13. The number of aryl methyl sites for hydroxylation is 1. The Kier molecular flexibility index (Phi) is 4.24. The molecule has 6 heteroatoms. The second-order valence-electron chi connectivity index (χ2n) is 5.66. The van der Waals surface area contributed by atoms with Gasteiger partial charge in [-0.05, 0) is 48.9 Å². The quantitative estimate of drug-likeness (QED) is 0.722. The number of aromatic amines is 1. The maximum Gasteiger partial charge on any atom is 0.175 e. The molecule has 0 saturated heterocycles. The third-order valence-electron chi connectivity index (χ3n) is 3.74. The SMILES string of the molecule is Cc1cc(-c2ccc(F)cc2Cl)c(-c2ccc(S(C)(=O)=O)cc2)[nH]1. The Morgan fingerprint density at radius 2 is 1.67 bits per heavy atom. The van der Waals surface area contributed by atoms with Gasteiger partial charge < -0.3 is 4.98 Å². The highest BCUT2D eigenvalue weighted by atomic mass is 35.5. The van der Waals surface area contributed by atoms with Gasteiger partial charge in [-0.25, -0.2) is 12.8 Å². The lowest BCUT2D eigenvalue weighted by molar-refractivity contribution is 0.602. The molecule has 1 heterocycles. The highest BCUT2D eigenvalue weighted by Crippen LogP contribution is 2.36. The molecule has 3 aromatic rings. The lowest BCUT2D eigenvalue weighted by Gasteiger charge is -2.08. The molecule has 0 saturated carbocycles. The van der Waals surface area contributed by atoms with Crippen molar-refractivity contribution in [3.8, 4) is 22.4 Å². The summed E-state index contributed by atoms with van der Waals surface area (Å²) in [4.78, 5) is 3.52. The molecule has 0 unspecified atom stereocenters. The highest BCUT2D eigenvalue weighted by molar-refractivity contribution is 7.90. The van der Waals surface area contributed by atoms with Crippen LogP contribution < -0.4 is 0 Å². The van der Waals surface area contributed by atoms with Gasteiger partial charge in [0.25, 0.3) is 0 Å². The number of nitrogens with one attached hydrogen (secondary N) is 1. The Morgan fingerprint density at radius 1 is 1.00 bits per heavy atom. The van der Waals surface area contributed by atoms with Gasteiger partial charge in [0.05, 0.1) is 15.6 Å². The molecule has 0 atom stereocenters. The number of benzene rings is 2. The first kappa shape index (κ1) is 16.7. The highest BCUT2D eigenvalue weighted by Gasteiger charge is 2.15. The fraction of sp³-hybridized carbons (Fsp3) is 0.111. The molecule has 1 aromatic heterocycles. The minimum atomic E-state index is -3.24. The summed E-state index contributed by atoms with van der Waals surface area (Å²) in [7, 11) is -3.24. The molecule has 0 spiro atoms. The van der Waals surface area contributed by atoms with Crippen LogP contribution >= 0.6 is 11.6 Å². The van der Waals surface area contributed by atoms with Crippen molar-refractivity contribution >= 4 is 21.4 Å². The van der Waals surface area contributed by atoms with E-state index in [1.807, 2.05) is 13.0 Å². The molecule has 0 aliphatic carbocycles. The summed E-state index contributed by atoms with van der Waals surface area (Å²) in [5.74, 6) is -0.393. The minimum absolute atomic E-state index is 0.260. The van der Waals surface area contributed by atoms with Crippen LogP contribution in [-0.4, -0.2) is 19.7 Å². The van der Waals surface area contributed by atoms with Crippen molar-refractivity contribution in [3.05, 3.63) is 65.1 Å². The van der Waals surface area contributed by atoms with Crippen molar-refractivity contribution < 1.29 is 12.8 Å². The molecule has 0 fully saturated rings. The summed E-state index contributed by atoms with van der Waals surface area (Å²) in [6.07, 6.45) is 1.17. The Morgan fingerprint density at radius 3 is 2.25 bits per heavy atom. The van der Waals surface area contributed by atoms with Gasteiger partial charge >= 0.3 is 0 Å². The van der Waals surface area contributed by atoms with E-state index in [4.69, 9.17) is 11.6 Å². The minimum Gasteiger partial charge on any atom is -0.358 e. The molecule has 24 heavy (non-hydrogen) atoms. The molecule has 0 aliphatic heterocycles. The van der Waals surface area contributed by atoms with Crippen molar-refractivity contribution in [1.29, 1.82) is 0 Å². The van der Waals surface area contributed by atoms with E-state index in [0.29, 0.717) is 10.6 Å². The zero-order chi connectivity index (χ0) is 17.5. The van der Waals surface area contributed by atoms with Gasteiger partial charge in [-0.1, -0.05) is 23.7 Å². The first-order valence-electron chi connectivity index (χ1n) is 7.21. The zero-order valence-corrected chi connectivity index (χ0v) is 14.7. The molecule has 0 bridgehead atoms. The number of rotatable bonds is 3. The van der Waals surface area contributed by atoms with Crippen molar-refractivity contribution in [2.24, 2.45) is 0 Å². The van der Waals surface area contributed by atoms with Crippen LogP contribution in [0.5, 0.6) is 0 Å². The lowest BCUT2D eigenvalue weighted by atomic mass is 10.0. The topological polar surface area (TPSA) is 49.9 Å². The van der Waals surface area contributed by atoms with Gasteiger partial charge in [0.1, 0.15) is 5.82 Å². The average molecular weight is 364 g/mol. The van der Waals surface area contributed by atoms with Crippen molar-refractivity contribution in [3.63, 3.8) is 0 Å². The molecule has 2 aromatic carbocycles. The molecular weight excluding hydrogens is 349 g/mol. The van der Waals surface area contributed by atoms with E-state index in [2.05, 4.69) is 4.98 Å². The van der Waals surface area contributed by atoms with E-state index in [1.54, 1.807) is 30.3 Å². The summed E-state index contributed by atoms with van der Waals surface area (Å²) in [6, 6.07) is 12.8. The fourth-order valence-corrected chi connectivity index (χ4v) is 3.51. The predicted molar refractivity (Wildman–Crippen MR) is 94.5 cm³/mol. The van der Waals surface area contributed by atoms with Crippen LogP contribution in [-0.2, 0) is 9.84 Å². The largest absolute Gasteiger partial charge is 0.358 e. The molecule has 0 aliphatic rings. The molecule has 1 N–H and O–H groups in total. The van der Waals surface area contributed by atoms with E-state index in [-0.39, 0.29) is 4.90 Å². The second kappa shape index (κ2) is 6.07. The standard InChI is InChI=1S/C18H15ClFNO2S/c1-11-9-16(15-8-5-13(20)10-17(15)19)18(21-11)12-3-6-14(7-4-12)24(2,22)23/h3-10,21H,1-2H3. The molecule has 0 radical (unpaired) electrons. The van der Waals surface area contributed by atoms with Gasteiger partial charge in [0, 0.05) is 23.1 Å². The number of hydrogen-bond acceptors (Lipinski definition) is 2. The van der Waals surface area contributed by atoms with Gasteiger partial charge in [-0.2, -0.15) is 0 Å². The van der Waals surface area contributed by atoms with Crippen molar-refractivity contribution in [2.75, 3.05) is 6.26 Å².